The van der Waals surface area contributed by atoms with Gasteiger partial charge in [0.05, 0.1) is 6.10 Å². The Balaban J connectivity index is 2.56. The fourth-order valence-corrected chi connectivity index (χ4v) is 1.66. The summed E-state index contributed by atoms with van der Waals surface area (Å²) in [6, 6.07) is 8.44. The average molecular weight is 258 g/mol. The Kier molecular flexibility index (Phi) is 4.58. The lowest BCUT2D eigenvalue weighted by atomic mass is 10.1. The molecule has 2 atom stereocenters. The summed E-state index contributed by atoms with van der Waals surface area (Å²) in [5.41, 5.74) is 1.22. The Morgan fingerprint density at radius 3 is 2.71 bits per heavy atom. The van der Waals surface area contributed by atoms with Crippen molar-refractivity contribution >= 4 is 15.9 Å². The molecule has 0 radical (unpaired) electrons. The third kappa shape index (κ3) is 3.78. The lowest BCUT2D eigenvalue weighted by molar-refractivity contribution is 0.187. The van der Waals surface area contributed by atoms with Crippen LogP contribution in [-0.4, -0.2) is 17.8 Å². The fourth-order valence-electron chi connectivity index (χ4n) is 1.24. The van der Waals surface area contributed by atoms with Crippen molar-refractivity contribution in [2.75, 3.05) is 6.54 Å². The van der Waals surface area contributed by atoms with E-state index in [1.54, 1.807) is 6.92 Å². The minimum atomic E-state index is -0.301. The summed E-state index contributed by atoms with van der Waals surface area (Å²) in [4.78, 5) is 0. The maximum absolute atomic E-state index is 9.13. The van der Waals surface area contributed by atoms with Gasteiger partial charge in [0.2, 0.25) is 0 Å². The highest BCUT2D eigenvalue weighted by molar-refractivity contribution is 9.10. The molecule has 2 nitrogen and oxygen atoms in total. The van der Waals surface area contributed by atoms with E-state index in [1.165, 1.54) is 5.56 Å². The van der Waals surface area contributed by atoms with E-state index < -0.39 is 0 Å². The standard InChI is InChI=1S/C11H16BrNO/c1-8(14)7-13-9(2)10-4-3-5-11(12)6-10/h3-6,8-9,13-14H,7H2,1-2H3/t8?,9-/m0/s1. The number of rotatable bonds is 4. The summed E-state index contributed by atoms with van der Waals surface area (Å²) < 4.78 is 1.08. The quantitative estimate of drug-likeness (QED) is 0.869. The summed E-state index contributed by atoms with van der Waals surface area (Å²) in [6.07, 6.45) is -0.301. The van der Waals surface area contributed by atoms with Gasteiger partial charge in [0, 0.05) is 17.1 Å². The van der Waals surface area contributed by atoms with Crippen molar-refractivity contribution < 1.29 is 5.11 Å². The zero-order chi connectivity index (χ0) is 10.6. The number of benzene rings is 1. The van der Waals surface area contributed by atoms with Gasteiger partial charge in [-0.3, -0.25) is 0 Å². The van der Waals surface area contributed by atoms with Crippen molar-refractivity contribution in [3.63, 3.8) is 0 Å². The third-order valence-corrected chi connectivity index (χ3v) is 2.56. The Hall–Kier alpha value is -0.380. The smallest absolute Gasteiger partial charge is 0.0636 e. The van der Waals surface area contributed by atoms with Crippen molar-refractivity contribution in [3.05, 3.63) is 34.3 Å². The molecule has 78 valence electrons. The second kappa shape index (κ2) is 5.49. The van der Waals surface area contributed by atoms with Gasteiger partial charge in [-0.1, -0.05) is 28.1 Å². The molecule has 0 spiro atoms. The molecule has 1 rings (SSSR count). The van der Waals surface area contributed by atoms with Gasteiger partial charge in [0.25, 0.3) is 0 Å². The van der Waals surface area contributed by atoms with Crippen molar-refractivity contribution in [1.29, 1.82) is 0 Å². The summed E-state index contributed by atoms with van der Waals surface area (Å²) in [6.45, 7) is 4.48. The van der Waals surface area contributed by atoms with E-state index in [2.05, 4.69) is 40.3 Å². The fraction of sp³-hybridized carbons (Fsp3) is 0.455. The number of halogens is 1. The number of aliphatic hydroxyl groups excluding tert-OH is 1. The molecule has 2 N–H and O–H groups in total. The van der Waals surface area contributed by atoms with E-state index in [9.17, 15) is 0 Å². The largest absolute Gasteiger partial charge is 0.392 e. The molecule has 0 heterocycles. The lowest BCUT2D eigenvalue weighted by Crippen LogP contribution is -2.27. The van der Waals surface area contributed by atoms with E-state index in [4.69, 9.17) is 5.11 Å². The highest BCUT2D eigenvalue weighted by Gasteiger charge is 2.05. The average Bonchev–Trinajstić information content (AvgIpc) is 2.14. The van der Waals surface area contributed by atoms with Gasteiger partial charge in [-0.2, -0.15) is 0 Å². The predicted octanol–water partition coefficient (Wildman–Crippen LogP) is 2.48. The van der Waals surface area contributed by atoms with E-state index in [0.29, 0.717) is 6.54 Å². The summed E-state index contributed by atoms with van der Waals surface area (Å²) >= 11 is 3.43. The number of aliphatic hydroxyl groups is 1. The van der Waals surface area contributed by atoms with Crippen LogP contribution in [0, 0.1) is 0 Å². The van der Waals surface area contributed by atoms with Crippen molar-refractivity contribution in [3.8, 4) is 0 Å². The van der Waals surface area contributed by atoms with E-state index in [-0.39, 0.29) is 12.1 Å². The first-order chi connectivity index (χ1) is 6.59. The van der Waals surface area contributed by atoms with Crippen LogP contribution in [0.1, 0.15) is 25.5 Å². The molecule has 0 fully saturated rings. The van der Waals surface area contributed by atoms with Gasteiger partial charge in [-0.25, -0.2) is 0 Å². The third-order valence-electron chi connectivity index (χ3n) is 2.07. The minimum Gasteiger partial charge on any atom is -0.392 e. The van der Waals surface area contributed by atoms with Crippen LogP contribution in [0.25, 0.3) is 0 Å². The molecule has 1 aromatic rings. The maximum atomic E-state index is 9.13. The molecule has 0 saturated carbocycles. The SMILES string of the molecule is CC(O)CN[C@@H](C)c1cccc(Br)c1. The molecule has 0 aromatic heterocycles. The Morgan fingerprint density at radius 2 is 2.14 bits per heavy atom. The highest BCUT2D eigenvalue weighted by atomic mass is 79.9. The molecule has 1 aromatic carbocycles. The van der Waals surface area contributed by atoms with E-state index >= 15 is 0 Å². The van der Waals surface area contributed by atoms with Gasteiger partial charge in [-0.05, 0) is 31.5 Å². The molecule has 0 amide bonds. The van der Waals surface area contributed by atoms with Crippen molar-refractivity contribution in [2.45, 2.75) is 26.0 Å². The molecular weight excluding hydrogens is 242 g/mol. The molecular formula is C11H16BrNO. The van der Waals surface area contributed by atoms with E-state index in [0.717, 1.165) is 4.47 Å². The Bertz CT molecular complexity index is 288. The van der Waals surface area contributed by atoms with Crippen molar-refractivity contribution in [2.24, 2.45) is 0 Å². The molecule has 0 aliphatic rings. The van der Waals surface area contributed by atoms with Gasteiger partial charge in [0.1, 0.15) is 0 Å². The zero-order valence-corrected chi connectivity index (χ0v) is 10.1. The van der Waals surface area contributed by atoms with Gasteiger partial charge < -0.3 is 10.4 Å². The number of nitrogens with one attached hydrogen (secondary N) is 1. The lowest BCUT2D eigenvalue weighted by Gasteiger charge is -2.15. The molecule has 1 unspecified atom stereocenters. The van der Waals surface area contributed by atoms with Crippen LogP contribution >= 0.6 is 15.9 Å². The highest BCUT2D eigenvalue weighted by Crippen LogP contribution is 2.17. The monoisotopic (exact) mass is 257 g/mol. The zero-order valence-electron chi connectivity index (χ0n) is 8.50. The predicted molar refractivity (Wildman–Crippen MR) is 62.2 cm³/mol. The van der Waals surface area contributed by atoms with Crippen LogP contribution in [-0.2, 0) is 0 Å². The maximum Gasteiger partial charge on any atom is 0.0636 e. The molecule has 0 aliphatic heterocycles. The van der Waals surface area contributed by atoms with Crippen LogP contribution < -0.4 is 5.32 Å². The number of hydrogen-bond acceptors (Lipinski definition) is 2. The topological polar surface area (TPSA) is 32.3 Å². The minimum absolute atomic E-state index is 0.266. The molecule has 14 heavy (non-hydrogen) atoms. The summed E-state index contributed by atoms with van der Waals surface area (Å²) in [5, 5.41) is 12.4. The van der Waals surface area contributed by atoms with Crippen LogP contribution in [0.5, 0.6) is 0 Å². The van der Waals surface area contributed by atoms with Gasteiger partial charge >= 0.3 is 0 Å². The molecule has 0 bridgehead atoms. The number of hydrogen-bond donors (Lipinski definition) is 2. The van der Waals surface area contributed by atoms with Crippen LogP contribution in [0.4, 0.5) is 0 Å². The first-order valence-corrected chi connectivity index (χ1v) is 5.56. The second-order valence-electron chi connectivity index (χ2n) is 3.53. The van der Waals surface area contributed by atoms with Gasteiger partial charge in [0.15, 0.2) is 0 Å². The molecule has 3 heteroatoms. The van der Waals surface area contributed by atoms with E-state index in [1.807, 2.05) is 12.1 Å². The van der Waals surface area contributed by atoms with Crippen LogP contribution in [0.15, 0.2) is 28.7 Å². The van der Waals surface area contributed by atoms with Crippen LogP contribution in [0.3, 0.4) is 0 Å². The normalized spacial score (nSPS) is 15.1. The first kappa shape index (κ1) is 11.7. The van der Waals surface area contributed by atoms with Gasteiger partial charge in [-0.15, -0.1) is 0 Å². The summed E-state index contributed by atoms with van der Waals surface area (Å²) in [5.74, 6) is 0. The molecule has 0 saturated heterocycles. The van der Waals surface area contributed by atoms with Crippen molar-refractivity contribution in [1.82, 2.24) is 5.32 Å². The summed E-state index contributed by atoms with van der Waals surface area (Å²) in [7, 11) is 0. The van der Waals surface area contributed by atoms with Crippen LogP contribution in [0.2, 0.25) is 0 Å². The first-order valence-electron chi connectivity index (χ1n) is 4.76. The molecule has 0 aliphatic carbocycles. The Labute approximate surface area is 93.5 Å². The Morgan fingerprint density at radius 1 is 1.43 bits per heavy atom. The second-order valence-corrected chi connectivity index (χ2v) is 4.45.